The summed E-state index contributed by atoms with van der Waals surface area (Å²) in [7, 11) is -3.66. The summed E-state index contributed by atoms with van der Waals surface area (Å²) >= 11 is 0. The molecule has 0 aliphatic carbocycles. The molecule has 1 aliphatic rings. The van der Waals surface area contributed by atoms with Gasteiger partial charge in [0.1, 0.15) is 0 Å². The van der Waals surface area contributed by atoms with Crippen molar-refractivity contribution in [1.29, 1.82) is 0 Å². The molecule has 0 aromatic heterocycles. The second-order valence-corrected chi connectivity index (χ2v) is 9.85. The Morgan fingerprint density at radius 3 is 2.35 bits per heavy atom. The average molecular weight is 446 g/mol. The van der Waals surface area contributed by atoms with E-state index in [1.165, 1.54) is 17.7 Å². The molecular weight excluding hydrogens is 414 g/mol. The first-order chi connectivity index (χ1) is 14.7. The molecule has 2 aromatic rings. The Bertz CT molecular complexity index is 998. The monoisotopic (exact) mass is 445 g/mol. The van der Waals surface area contributed by atoms with Crippen molar-refractivity contribution in [2.75, 3.05) is 26.3 Å². The Hall–Kier alpha value is -2.26. The number of sulfonamides is 1. The maximum absolute atomic E-state index is 12.7. The molecule has 0 spiro atoms. The van der Waals surface area contributed by atoms with Crippen LogP contribution in [0.15, 0.2) is 47.4 Å². The zero-order valence-electron chi connectivity index (χ0n) is 18.3. The molecule has 1 heterocycles. The number of benzene rings is 2. The van der Waals surface area contributed by atoms with E-state index in [4.69, 9.17) is 4.74 Å². The van der Waals surface area contributed by atoms with Gasteiger partial charge in [0.15, 0.2) is 0 Å². The fraction of sp³-hybridized carbons (Fsp3) is 0.435. The summed E-state index contributed by atoms with van der Waals surface area (Å²) < 4.78 is 32.8. The van der Waals surface area contributed by atoms with Gasteiger partial charge in [-0.3, -0.25) is 9.69 Å². The van der Waals surface area contributed by atoms with E-state index in [0.717, 1.165) is 44.0 Å². The molecule has 1 saturated heterocycles. The fourth-order valence-corrected chi connectivity index (χ4v) is 4.73. The highest BCUT2D eigenvalue weighted by Gasteiger charge is 2.19. The number of amides is 1. The summed E-state index contributed by atoms with van der Waals surface area (Å²) in [5.74, 6) is -0.295. The lowest BCUT2D eigenvalue weighted by atomic mass is 10.1. The number of carbonyl (C=O) groups excluding carboxylic acids is 1. The van der Waals surface area contributed by atoms with E-state index in [1.54, 1.807) is 26.8 Å². The number of hydrogen-bond donors (Lipinski definition) is 2. The van der Waals surface area contributed by atoms with Gasteiger partial charge >= 0.3 is 0 Å². The lowest BCUT2D eigenvalue weighted by molar-refractivity contribution is 0.0342. The standard InChI is InChI=1S/C23H31N3O4S/c1-17(2)25-31(28,29)21-9-4-18(3)22(14-21)23(27)24-15-19-5-7-20(8-6-19)16-26-10-12-30-13-11-26/h4-9,14,17,25H,10-13,15-16H2,1-3H3,(H,24,27). The quantitative estimate of drug-likeness (QED) is 0.652. The molecule has 7 nitrogen and oxygen atoms in total. The summed E-state index contributed by atoms with van der Waals surface area (Å²) in [5.41, 5.74) is 3.29. The zero-order valence-corrected chi connectivity index (χ0v) is 19.2. The zero-order chi connectivity index (χ0) is 22.4. The summed E-state index contributed by atoms with van der Waals surface area (Å²) in [6.45, 7) is 10.0. The molecule has 0 atom stereocenters. The molecule has 1 fully saturated rings. The third kappa shape index (κ3) is 6.61. The number of carbonyl (C=O) groups is 1. The Morgan fingerprint density at radius 2 is 1.71 bits per heavy atom. The smallest absolute Gasteiger partial charge is 0.251 e. The minimum absolute atomic E-state index is 0.0874. The van der Waals surface area contributed by atoms with Crippen LogP contribution in [0.5, 0.6) is 0 Å². The average Bonchev–Trinajstić information content (AvgIpc) is 2.73. The first kappa shape index (κ1) is 23.4. The number of morpholine rings is 1. The summed E-state index contributed by atoms with van der Waals surface area (Å²) in [5, 5.41) is 2.90. The first-order valence-corrected chi connectivity index (χ1v) is 12.0. The van der Waals surface area contributed by atoms with Crippen molar-refractivity contribution in [2.45, 2.75) is 44.8 Å². The van der Waals surface area contributed by atoms with Crippen molar-refractivity contribution in [1.82, 2.24) is 14.9 Å². The van der Waals surface area contributed by atoms with Crippen molar-refractivity contribution in [3.05, 3.63) is 64.7 Å². The van der Waals surface area contributed by atoms with E-state index in [0.29, 0.717) is 12.1 Å². The maximum atomic E-state index is 12.7. The van der Waals surface area contributed by atoms with Gasteiger partial charge in [0.25, 0.3) is 5.91 Å². The molecule has 8 heteroatoms. The highest BCUT2D eigenvalue weighted by molar-refractivity contribution is 7.89. The molecule has 2 aromatic carbocycles. The van der Waals surface area contributed by atoms with Gasteiger partial charge in [-0.1, -0.05) is 30.3 Å². The van der Waals surface area contributed by atoms with Gasteiger partial charge in [-0.05, 0) is 49.6 Å². The number of rotatable bonds is 8. The Kier molecular flexibility index (Phi) is 7.83. The van der Waals surface area contributed by atoms with Gasteiger partial charge in [-0.25, -0.2) is 13.1 Å². The third-order valence-corrected chi connectivity index (χ3v) is 6.80. The molecule has 1 amide bonds. The highest BCUT2D eigenvalue weighted by Crippen LogP contribution is 2.17. The van der Waals surface area contributed by atoms with Crippen LogP contribution in [0.25, 0.3) is 0 Å². The maximum Gasteiger partial charge on any atom is 0.251 e. The van der Waals surface area contributed by atoms with Crippen LogP contribution < -0.4 is 10.0 Å². The van der Waals surface area contributed by atoms with Gasteiger partial charge < -0.3 is 10.1 Å². The van der Waals surface area contributed by atoms with Crippen molar-refractivity contribution >= 4 is 15.9 Å². The number of ether oxygens (including phenoxy) is 1. The van der Waals surface area contributed by atoms with E-state index in [9.17, 15) is 13.2 Å². The molecule has 3 rings (SSSR count). The van der Waals surface area contributed by atoms with Crippen LogP contribution in [0.3, 0.4) is 0 Å². The van der Waals surface area contributed by atoms with Crippen LogP contribution in [-0.4, -0.2) is 51.6 Å². The van der Waals surface area contributed by atoms with Gasteiger partial charge in [-0.2, -0.15) is 0 Å². The Morgan fingerprint density at radius 1 is 1.06 bits per heavy atom. The van der Waals surface area contributed by atoms with Gasteiger partial charge in [-0.15, -0.1) is 0 Å². The van der Waals surface area contributed by atoms with E-state index < -0.39 is 10.0 Å². The molecule has 0 bridgehead atoms. The second-order valence-electron chi connectivity index (χ2n) is 8.14. The number of nitrogens with zero attached hydrogens (tertiary/aromatic N) is 1. The molecule has 0 saturated carbocycles. The van der Waals surface area contributed by atoms with Crippen molar-refractivity contribution < 1.29 is 17.9 Å². The Balaban J connectivity index is 1.62. The predicted octanol–water partition coefficient (Wildman–Crippen LogP) is 2.44. The summed E-state index contributed by atoms with van der Waals surface area (Å²) in [4.78, 5) is 15.2. The van der Waals surface area contributed by atoms with Crippen LogP contribution >= 0.6 is 0 Å². The third-order valence-electron chi connectivity index (χ3n) is 5.14. The molecule has 0 unspecified atom stereocenters. The minimum Gasteiger partial charge on any atom is -0.379 e. The van der Waals surface area contributed by atoms with Crippen LogP contribution in [0, 0.1) is 6.92 Å². The van der Waals surface area contributed by atoms with Crippen LogP contribution in [-0.2, 0) is 27.8 Å². The molecule has 1 aliphatic heterocycles. The van der Waals surface area contributed by atoms with Gasteiger partial charge in [0, 0.05) is 37.8 Å². The second kappa shape index (κ2) is 10.4. The lowest BCUT2D eigenvalue weighted by Crippen LogP contribution is -2.35. The summed E-state index contributed by atoms with van der Waals surface area (Å²) in [6.07, 6.45) is 0. The molecular formula is C23H31N3O4S. The van der Waals surface area contributed by atoms with Crippen LogP contribution in [0.2, 0.25) is 0 Å². The minimum atomic E-state index is -3.66. The normalized spacial score (nSPS) is 15.2. The SMILES string of the molecule is Cc1ccc(S(=O)(=O)NC(C)C)cc1C(=O)NCc1ccc(CN2CCOCC2)cc1. The number of aryl methyl sites for hydroxylation is 1. The van der Waals surface area contributed by atoms with Gasteiger partial charge in [0.05, 0.1) is 18.1 Å². The predicted molar refractivity (Wildman–Crippen MR) is 120 cm³/mol. The fourth-order valence-electron chi connectivity index (χ4n) is 3.45. The van der Waals surface area contributed by atoms with Gasteiger partial charge in [0.2, 0.25) is 10.0 Å². The van der Waals surface area contributed by atoms with Crippen LogP contribution in [0.4, 0.5) is 0 Å². The van der Waals surface area contributed by atoms with Crippen molar-refractivity contribution in [2.24, 2.45) is 0 Å². The first-order valence-electron chi connectivity index (χ1n) is 10.5. The molecule has 0 radical (unpaired) electrons. The van der Waals surface area contributed by atoms with Crippen LogP contribution in [0.1, 0.15) is 40.9 Å². The molecule has 2 N–H and O–H groups in total. The largest absolute Gasteiger partial charge is 0.379 e. The van der Waals surface area contributed by atoms with E-state index in [2.05, 4.69) is 27.1 Å². The van der Waals surface area contributed by atoms with E-state index in [-0.39, 0.29) is 16.8 Å². The summed E-state index contributed by atoms with van der Waals surface area (Å²) in [6, 6.07) is 12.6. The number of hydrogen-bond acceptors (Lipinski definition) is 5. The van der Waals surface area contributed by atoms with E-state index >= 15 is 0 Å². The van der Waals surface area contributed by atoms with Crippen molar-refractivity contribution in [3.8, 4) is 0 Å². The molecule has 168 valence electrons. The highest BCUT2D eigenvalue weighted by atomic mass is 32.2. The van der Waals surface area contributed by atoms with E-state index in [1.807, 2.05) is 12.1 Å². The molecule has 31 heavy (non-hydrogen) atoms. The number of nitrogens with one attached hydrogen (secondary N) is 2. The Labute approximate surface area is 184 Å². The lowest BCUT2D eigenvalue weighted by Gasteiger charge is -2.26. The van der Waals surface area contributed by atoms with Crippen molar-refractivity contribution in [3.63, 3.8) is 0 Å². The topological polar surface area (TPSA) is 87.7 Å².